The molecule has 0 fully saturated rings. The molecule has 0 atom stereocenters. The third-order valence-electron chi connectivity index (χ3n) is 3.14. The van der Waals surface area contributed by atoms with E-state index in [1.165, 1.54) is 11.8 Å². The maximum atomic E-state index is 5.75. The van der Waals surface area contributed by atoms with Crippen molar-refractivity contribution in [1.82, 2.24) is 10.2 Å². The zero-order valence-corrected chi connectivity index (χ0v) is 14.9. The Morgan fingerprint density at radius 1 is 1.13 bits per heavy atom. The molecule has 0 amide bonds. The van der Waals surface area contributed by atoms with Gasteiger partial charge in [0.2, 0.25) is 5.89 Å². The highest BCUT2D eigenvalue weighted by molar-refractivity contribution is 9.10. The highest BCUT2D eigenvalue weighted by Gasteiger charge is 2.09. The van der Waals surface area contributed by atoms with Crippen molar-refractivity contribution in [2.24, 2.45) is 0 Å². The van der Waals surface area contributed by atoms with Gasteiger partial charge in [0.15, 0.2) is 0 Å². The van der Waals surface area contributed by atoms with Crippen molar-refractivity contribution in [3.63, 3.8) is 0 Å². The first-order chi connectivity index (χ1) is 11.2. The average Bonchev–Trinajstić information content (AvgIpc) is 3.02. The molecule has 0 spiro atoms. The number of aromatic nitrogens is 2. The van der Waals surface area contributed by atoms with E-state index in [2.05, 4.69) is 26.1 Å². The van der Waals surface area contributed by atoms with Gasteiger partial charge in [-0.3, -0.25) is 0 Å². The Labute approximate surface area is 147 Å². The largest absolute Gasteiger partial charge is 0.492 e. The Morgan fingerprint density at radius 2 is 2.00 bits per heavy atom. The molecule has 6 heteroatoms. The van der Waals surface area contributed by atoms with E-state index in [4.69, 9.17) is 9.15 Å². The number of thioether (sulfide) groups is 1. The number of rotatable bonds is 6. The summed E-state index contributed by atoms with van der Waals surface area (Å²) >= 11 is 4.92. The van der Waals surface area contributed by atoms with Crippen LogP contribution in [-0.2, 0) is 0 Å². The zero-order chi connectivity index (χ0) is 16.1. The number of hydrogen-bond acceptors (Lipinski definition) is 5. The van der Waals surface area contributed by atoms with Crippen molar-refractivity contribution >= 4 is 27.7 Å². The normalized spacial score (nSPS) is 10.7. The van der Waals surface area contributed by atoms with Gasteiger partial charge >= 0.3 is 0 Å². The van der Waals surface area contributed by atoms with Gasteiger partial charge < -0.3 is 9.15 Å². The average molecular weight is 391 g/mol. The topological polar surface area (TPSA) is 48.2 Å². The van der Waals surface area contributed by atoms with E-state index in [-0.39, 0.29) is 0 Å². The monoisotopic (exact) mass is 390 g/mol. The molecule has 4 nitrogen and oxygen atoms in total. The summed E-state index contributed by atoms with van der Waals surface area (Å²) in [6.45, 7) is 2.62. The van der Waals surface area contributed by atoms with Gasteiger partial charge in [0.05, 0.1) is 6.61 Å². The van der Waals surface area contributed by atoms with Crippen LogP contribution in [0.1, 0.15) is 5.56 Å². The number of halogens is 1. The lowest BCUT2D eigenvalue weighted by molar-refractivity contribution is 0.341. The van der Waals surface area contributed by atoms with Crippen LogP contribution in [0.3, 0.4) is 0 Å². The number of para-hydroxylation sites is 1. The molecule has 118 valence electrons. The number of nitrogens with zero attached hydrogens (tertiary/aromatic N) is 2. The summed E-state index contributed by atoms with van der Waals surface area (Å²) in [6.07, 6.45) is 0. The maximum absolute atomic E-state index is 5.75. The van der Waals surface area contributed by atoms with Crippen LogP contribution in [-0.4, -0.2) is 22.6 Å². The summed E-state index contributed by atoms with van der Waals surface area (Å²) in [4.78, 5) is 0. The van der Waals surface area contributed by atoms with Crippen LogP contribution < -0.4 is 4.74 Å². The molecular formula is C17H15BrN2O2S. The second-order valence-electron chi connectivity index (χ2n) is 4.85. The molecule has 0 aliphatic carbocycles. The van der Waals surface area contributed by atoms with E-state index in [0.717, 1.165) is 27.1 Å². The summed E-state index contributed by atoms with van der Waals surface area (Å²) < 4.78 is 12.4. The summed E-state index contributed by atoms with van der Waals surface area (Å²) in [6, 6.07) is 15.8. The predicted octanol–water partition coefficient (Wildman–Crippen LogP) is 4.98. The molecule has 0 aliphatic rings. The van der Waals surface area contributed by atoms with E-state index < -0.39 is 0 Å². The number of aryl methyl sites for hydroxylation is 1. The molecule has 1 aromatic heterocycles. The molecule has 2 aromatic carbocycles. The van der Waals surface area contributed by atoms with E-state index in [1.54, 1.807) is 0 Å². The fourth-order valence-electron chi connectivity index (χ4n) is 2.01. The van der Waals surface area contributed by atoms with Crippen LogP contribution in [0.15, 0.2) is 62.6 Å². The fourth-order valence-corrected chi connectivity index (χ4v) is 2.98. The van der Waals surface area contributed by atoms with Crippen molar-refractivity contribution in [3.05, 3.63) is 58.6 Å². The number of ether oxygens (including phenoxy) is 1. The Balaban J connectivity index is 1.53. The summed E-state index contributed by atoms with van der Waals surface area (Å²) in [5.74, 6) is 2.18. The van der Waals surface area contributed by atoms with Crippen LogP contribution in [0.4, 0.5) is 0 Å². The van der Waals surface area contributed by atoms with E-state index in [1.807, 2.05) is 55.5 Å². The molecule has 0 saturated heterocycles. The first-order valence-corrected chi connectivity index (χ1v) is 8.91. The molecule has 3 aromatic rings. The number of benzene rings is 2. The first kappa shape index (κ1) is 16.1. The van der Waals surface area contributed by atoms with Crippen LogP contribution >= 0.6 is 27.7 Å². The second kappa shape index (κ2) is 7.66. The molecule has 23 heavy (non-hydrogen) atoms. The molecule has 0 bridgehead atoms. The minimum absolute atomic E-state index is 0.522. The fraction of sp³-hybridized carbons (Fsp3) is 0.176. The Bertz CT molecular complexity index is 792. The van der Waals surface area contributed by atoms with Gasteiger partial charge in [0, 0.05) is 15.8 Å². The summed E-state index contributed by atoms with van der Waals surface area (Å²) in [5.41, 5.74) is 2.03. The van der Waals surface area contributed by atoms with Gasteiger partial charge in [-0.15, -0.1) is 10.2 Å². The zero-order valence-electron chi connectivity index (χ0n) is 12.5. The summed E-state index contributed by atoms with van der Waals surface area (Å²) in [5, 5.41) is 8.69. The second-order valence-corrected chi connectivity index (χ2v) is 6.81. The van der Waals surface area contributed by atoms with Crippen molar-refractivity contribution in [3.8, 4) is 17.2 Å². The van der Waals surface area contributed by atoms with Gasteiger partial charge in [-0.1, -0.05) is 52.0 Å². The van der Waals surface area contributed by atoms with E-state index in [9.17, 15) is 0 Å². The van der Waals surface area contributed by atoms with E-state index >= 15 is 0 Å². The lowest BCUT2D eigenvalue weighted by atomic mass is 10.2. The maximum Gasteiger partial charge on any atom is 0.276 e. The van der Waals surface area contributed by atoms with Gasteiger partial charge in [-0.05, 0) is 36.8 Å². The number of hydrogen-bond donors (Lipinski definition) is 0. The lowest BCUT2D eigenvalue weighted by Gasteiger charge is -2.07. The van der Waals surface area contributed by atoms with Crippen LogP contribution in [0, 0.1) is 6.92 Å². The smallest absolute Gasteiger partial charge is 0.276 e. The van der Waals surface area contributed by atoms with E-state index in [0.29, 0.717) is 17.7 Å². The molecular weight excluding hydrogens is 376 g/mol. The molecule has 0 saturated carbocycles. The van der Waals surface area contributed by atoms with Crippen molar-refractivity contribution in [1.29, 1.82) is 0 Å². The molecule has 0 radical (unpaired) electrons. The molecule has 3 rings (SSSR count). The van der Waals surface area contributed by atoms with Crippen molar-refractivity contribution < 1.29 is 9.15 Å². The molecule has 0 aliphatic heterocycles. The van der Waals surface area contributed by atoms with Gasteiger partial charge in [-0.25, -0.2) is 0 Å². The third-order valence-corrected chi connectivity index (χ3v) is 4.41. The van der Waals surface area contributed by atoms with Gasteiger partial charge in [-0.2, -0.15) is 0 Å². The Hall–Kier alpha value is -1.79. The standard InChI is InChI=1S/C17H15BrN2O2S/c1-12-5-2-3-8-15(12)21-9-10-23-17-20-19-16(22-17)13-6-4-7-14(18)11-13/h2-8,11H,9-10H2,1H3. The first-order valence-electron chi connectivity index (χ1n) is 7.13. The van der Waals surface area contributed by atoms with Crippen LogP contribution in [0.5, 0.6) is 5.75 Å². The van der Waals surface area contributed by atoms with Crippen molar-refractivity contribution in [2.45, 2.75) is 12.1 Å². The van der Waals surface area contributed by atoms with Crippen LogP contribution in [0.2, 0.25) is 0 Å². The lowest BCUT2D eigenvalue weighted by Crippen LogP contribution is -2.01. The molecule has 0 N–H and O–H groups in total. The molecule has 0 unspecified atom stereocenters. The SMILES string of the molecule is Cc1ccccc1OCCSc1nnc(-c2cccc(Br)c2)o1. The van der Waals surface area contributed by atoms with Gasteiger partial charge in [0.25, 0.3) is 5.22 Å². The summed E-state index contributed by atoms with van der Waals surface area (Å²) in [7, 11) is 0. The highest BCUT2D eigenvalue weighted by Crippen LogP contribution is 2.25. The highest BCUT2D eigenvalue weighted by atomic mass is 79.9. The predicted molar refractivity (Wildman–Crippen MR) is 94.8 cm³/mol. The quantitative estimate of drug-likeness (QED) is 0.438. The third kappa shape index (κ3) is 4.36. The Morgan fingerprint density at radius 3 is 2.83 bits per heavy atom. The molecule has 1 heterocycles. The van der Waals surface area contributed by atoms with Crippen LogP contribution in [0.25, 0.3) is 11.5 Å². The minimum atomic E-state index is 0.522. The van der Waals surface area contributed by atoms with Gasteiger partial charge in [0.1, 0.15) is 5.75 Å². The minimum Gasteiger partial charge on any atom is -0.492 e. The van der Waals surface area contributed by atoms with Crippen molar-refractivity contribution in [2.75, 3.05) is 12.4 Å². The Kier molecular flexibility index (Phi) is 5.35.